The Morgan fingerprint density at radius 1 is 0.778 bits per heavy atom. The first-order valence-corrected chi connectivity index (χ1v) is 17.0. The lowest BCUT2D eigenvalue weighted by Crippen LogP contribution is -2.53. The van der Waals surface area contributed by atoms with Crippen molar-refractivity contribution in [2.45, 2.75) is 50.6 Å². The van der Waals surface area contributed by atoms with Gasteiger partial charge in [-0.2, -0.15) is 0 Å². The Kier molecular flexibility index (Phi) is 12.0. The van der Waals surface area contributed by atoms with E-state index >= 15 is 0 Å². The van der Waals surface area contributed by atoms with E-state index in [1.807, 2.05) is 56.3 Å². The Morgan fingerprint density at radius 3 is 2.00 bits per heavy atom. The van der Waals surface area contributed by atoms with Crippen LogP contribution < -0.4 is 9.62 Å². The van der Waals surface area contributed by atoms with E-state index in [1.54, 1.807) is 48.5 Å². The van der Waals surface area contributed by atoms with Crippen molar-refractivity contribution in [3.63, 3.8) is 0 Å². The van der Waals surface area contributed by atoms with Crippen LogP contribution in [0.1, 0.15) is 37.0 Å². The van der Waals surface area contributed by atoms with Crippen LogP contribution in [0, 0.1) is 0 Å². The zero-order valence-corrected chi connectivity index (χ0v) is 27.7. The number of anilines is 1. The molecular weight excluding hydrogens is 629 g/mol. The summed E-state index contributed by atoms with van der Waals surface area (Å²) in [4.78, 5) is 29.7. The number of sulfonamides is 1. The first-order valence-electron chi connectivity index (χ1n) is 14.9. The van der Waals surface area contributed by atoms with Crippen LogP contribution in [0.5, 0.6) is 0 Å². The Hall–Kier alpha value is -3.85. The maximum Gasteiger partial charge on any atom is 0.264 e. The monoisotopic (exact) mass is 665 g/mol. The predicted octanol–water partition coefficient (Wildman–Crippen LogP) is 6.92. The van der Waals surface area contributed by atoms with Crippen molar-refractivity contribution in [3.05, 3.63) is 130 Å². The van der Waals surface area contributed by atoms with Crippen LogP contribution >= 0.6 is 23.2 Å². The van der Waals surface area contributed by atoms with Gasteiger partial charge < -0.3 is 10.2 Å². The van der Waals surface area contributed by atoms with E-state index in [9.17, 15) is 18.0 Å². The number of hydrogen-bond donors (Lipinski definition) is 1. The van der Waals surface area contributed by atoms with Gasteiger partial charge in [0.15, 0.2) is 0 Å². The van der Waals surface area contributed by atoms with Gasteiger partial charge in [-0.05, 0) is 65.9 Å². The first-order chi connectivity index (χ1) is 21.6. The molecule has 0 unspecified atom stereocenters. The Morgan fingerprint density at radius 2 is 1.40 bits per heavy atom. The SMILES string of the molecule is CCCNC(=O)[C@@H](Cc1ccccc1)N(Cc1ccc(Cl)c(Cl)c1)C(=O)CN(c1ccc(CC)cc1)S(=O)(=O)c1ccccc1. The van der Waals surface area contributed by atoms with Crippen molar-refractivity contribution >= 4 is 50.7 Å². The number of benzene rings is 4. The van der Waals surface area contributed by atoms with Crippen molar-refractivity contribution in [3.8, 4) is 0 Å². The third-order valence-electron chi connectivity index (χ3n) is 7.40. The van der Waals surface area contributed by atoms with Crippen molar-refractivity contribution in [1.29, 1.82) is 0 Å². The summed E-state index contributed by atoms with van der Waals surface area (Å²) in [6.45, 7) is 3.85. The molecule has 10 heteroatoms. The molecule has 0 saturated carbocycles. The zero-order chi connectivity index (χ0) is 32.4. The van der Waals surface area contributed by atoms with Crippen molar-refractivity contribution in [1.82, 2.24) is 10.2 Å². The van der Waals surface area contributed by atoms with E-state index < -0.39 is 28.5 Å². The normalized spacial score (nSPS) is 11.9. The van der Waals surface area contributed by atoms with E-state index in [4.69, 9.17) is 23.2 Å². The molecule has 2 amide bonds. The molecule has 0 radical (unpaired) electrons. The van der Waals surface area contributed by atoms with Gasteiger partial charge >= 0.3 is 0 Å². The minimum absolute atomic E-state index is 0.000759. The Balaban J connectivity index is 1.80. The summed E-state index contributed by atoms with van der Waals surface area (Å²) in [6.07, 6.45) is 1.71. The first kappa shape index (κ1) is 34.0. The topological polar surface area (TPSA) is 86.8 Å². The van der Waals surface area contributed by atoms with Gasteiger partial charge in [-0.25, -0.2) is 8.42 Å². The number of nitrogens with zero attached hydrogens (tertiary/aromatic N) is 2. The number of aryl methyl sites for hydroxylation is 1. The minimum atomic E-state index is -4.16. The molecule has 236 valence electrons. The van der Waals surface area contributed by atoms with Crippen LogP contribution in [0.3, 0.4) is 0 Å². The fraction of sp³-hybridized carbons (Fsp3) is 0.257. The van der Waals surface area contributed by atoms with Crippen molar-refractivity contribution in [2.75, 3.05) is 17.4 Å². The zero-order valence-electron chi connectivity index (χ0n) is 25.3. The van der Waals surface area contributed by atoms with Crippen molar-refractivity contribution < 1.29 is 18.0 Å². The van der Waals surface area contributed by atoms with Crippen LogP contribution in [0.15, 0.2) is 108 Å². The highest BCUT2D eigenvalue weighted by Gasteiger charge is 2.34. The fourth-order valence-corrected chi connectivity index (χ4v) is 6.66. The van der Waals surface area contributed by atoms with E-state index in [1.165, 1.54) is 17.0 Å². The standard InChI is InChI=1S/C35H37Cl2N3O4S/c1-3-21-38-35(42)33(23-27-11-7-5-8-12-27)39(24-28-17-20-31(36)32(37)22-28)34(41)25-40(29-18-15-26(4-2)16-19-29)45(43,44)30-13-9-6-10-14-30/h5-20,22,33H,3-4,21,23-25H2,1-2H3,(H,38,42)/t33-/m1/s1. The highest BCUT2D eigenvalue weighted by Crippen LogP contribution is 2.27. The van der Waals surface area contributed by atoms with Gasteiger partial charge in [0.2, 0.25) is 11.8 Å². The average molecular weight is 667 g/mol. The second kappa shape index (κ2) is 15.9. The summed E-state index contributed by atoms with van der Waals surface area (Å²) < 4.78 is 29.2. The largest absolute Gasteiger partial charge is 0.354 e. The molecule has 7 nitrogen and oxygen atoms in total. The van der Waals surface area contributed by atoms with E-state index in [2.05, 4.69) is 5.32 Å². The van der Waals surface area contributed by atoms with Gasteiger partial charge in [0.05, 0.1) is 20.6 Å². The molecule has 4 aromatic carbocycles. The molecule has 0 bridgehead atoms. The summed E-state index contributed by atoms with van der Waals surface area (Å²) in [5.41, 5.74) is 2.86. The number of hydrogen-bond acceptors (Lipinski definition) is 4. The summed E-state index contributed by atoms with van der Waals surface area (Å²) in [5, 5.41) is 3.60. The molecule has 0 spiro atoms. The smallest absolute Gasteiger partial charge is 0.264 e. The van der Waals surface area contributed by atoms with Crippen LogP contribution in [0.25, 0.3) is 0 Å². The lowest BCUT2D eigenvalue weighted by Gasteiger charge is -2.34. The summed E-state index contributed by atoms with van der Waals surface area (Å²) in [5.74, 6) is -0.883. The van der Waals surface area contributed by atoms with Crippen LogP contribution in [-0.2, 0) is 39.0 Å². The van der Waals surface area contributed by atoms with Gasteiger partial charge in [-0.3, -0.25) is 13.9 Å². The average Bonchev–Trinajstić information content (AvgIpc) is 3.06. The van der Waals surface area contributed by atoms with Gasteiger partial charge in [0.1, 0.15) is 12.6 Å². The quantitative estimate of drug-likeness (QED) is 0.158. The van der Waals surface area contributed by atoms with E-state index in [0.29, 0.717) is 34.3 Å². The maximum atomic E-state index is 14.5. The molecule has 4 rings (SSSR count). The molecule has 0 heterocycles. The lowest BCUT2D eigenvalue weighted by molar-refractivity contribution is -0.140. The number of amides is 2. The molecule has 0 aliphatic rings. The molecule has 1 atom stereocenters. The maximum absolute atomic E-state index is 14.5. The third kappa shape index (κ3) is 8.87. The second-order valence-corrected chi connectivity index (χ2v) is 13.3. The molecule has 45 heavy (non-hydrogen) atoms. The van der Waals surface area contributed by atoms with Crippen LogP contribution in [-0.4, -0.2) is 44.3 Å². The van der Waals surface area contributed by atoms with Gasteiger partial charge in [-0.15, -0.1) is 0 Å². The number of carbonyl (C=O) groups excluding carboxylic acids is 2. The molecule has 0 aliphatic carbocycles. The van der Waals surface area contributed by atoms with Crippen molar-refractivity contribution in [2.24, 2.45) is 0 Å². The molecule has 0 fully saturated rings. The third-order valence-corrected chi connectivity index (χ3v) is 9.93. The Labute approximate surface area is 275 Å². The lowest BCUT2D eigenvalue weighted by atomic mass is 10.0. The summed E-state index contributed by atoms with van der Waals surface area (Å²) >= 11 is 12.5. The van der Waals surface area contributed by atoms with Crippen LogP contribution in [0.4, 0.5) is 5.69 Å². The number of rotatable bonds is 14. The molecule has 1 N–H and O–H groups in total. The fourth-order valence-electron chi connectivity index (χ4n) is 4.90. The minimum Gasteiger partial charge on any atom is -0.354 e. The molecule has 4 aromatic rings. The van der Waals surface area contributed by atoms with Gasteiger partial charge in [-0.1, -0.05) is 104 Å². The molecule has 0 saturated heterocycles. The second-order valence-electron chi connectivity index (χ2n) is 10.6. The van der Waals surface area contributed by atoms with Gasteiger partial charge in [0, 0.05) is 19.5 Å². The molecule has 0 aromatic heterocycles. The van der Waals surface area contributed by atoms with E-state index in [-0.39, 0.29) is 23.8 Å². The van der Waals surface area contributed by atoms with E-state index in [0.717, 1.165) is 21.9 Å². The summed E-state index contributed by atoms with van der Waals surface area (Å²) in [6, 6.07) is 28.6. The number of halogens is 2. The van der Waals surface area contributed by atoms with Crippen LogP contribution in [0.2, 0.25) is 10.0 Å². The highest BCUT2D eigenvalue weighted by molar-refractivity contribution is 7.92. The highest BCUT2D eigenvalue weighted by atomic mass is 35.5. The van der Waals surface area contributed by atoms with Gasteiger partial charge in [0.25, 0.3) is 10.0 Å². The number of carbonyl (C=O) groups is 2. The number of nitrogens with one attached hydrogen (secondary N) is 1. The molecular formula is C35H37Cl2N3O4S. The Bertz CT molecular complexity index is 1690. The summed E-state index contributed by atoms with van der Waals surface area (Å²) in [7, 11) is -4.16. The molecule has 0 aliphatic heterocycles. The predicted molar refractivity (Wildman–Crippen MR) is 181 cm³/mol.